The van der Waals surface area contributed by atoms with Crippen LogP contribution < -0.4 is 16.2 Å². The second-order valence-corrected chi connectivity index (χ2v) is 10.8. The number of hydrogen-bond acceptors (Lipinski definition) is 6. The van der Waals surface area contributed by atoms with Crippen LogP contribution in [0.4, 0.5) is 11.4 Å². The first-order valence-corrected chi connectivity index (χ1v) is 13.2. The predicted octanol–water partition coefficient (Wildman–Crippen LogP) is 4.72. The first-order valence-electron chi connectivity index (χ1n) is 11.2. The Morgan fingerprint density at radius 3 is 2.52 bits per heavy atom. The molecule has 0 radical (unpaired) electrons. The lowest BCUT2D eigenvalue weighted by Gasteiger charge is -2.09. The summed E-state index contributed by atoms with van der Waals surface area (Å²) >= 11 is 3.21. The molecule has 7 nitrogen and oxygen atoms in total. The highest BCUT2D eigenvalue weighted by atomic mass is 32.2. The molecule has 2 heterocycles. The zero-order chi connectivity index (χ0) is 23.4. The third kappa shape index (κ3) is 6.03. The zero-order valence-electron chi connectivity index (χ0n) is 18.8. The second-order valence-electron chi connectivity index (χ2n) is 8.62. The van der Waals surface area contributed by atoms with Crippen LogP contribution in [0.1, 0.15) is 49.4 Å². The lowest BCUT2D eigenvalue weighted by Crippen LogP contribution is -2.14. The monoisotopic (exact) mass is 484 g/mol. The van der Waals surface area contributed by atoms with Crippen LogP contribution in [0, 0.1) is 5.92 Å². The van der Waals surface area contributed by atoms with E-state index in [0.717, 1.165) is 29.5 Å². The number of hydrogen-bond donors (Lipinski definition) is 3. The number of anilines is 2. The van der Waals surface area contributed by atoms with Gasteiger partial charge in [-0.05, 0) is 55.0 Å². The maximum absolute atomic E-state index is 12.5. The minimum absolute atomic E-state index is 0.0167. The highest BCUT2D eigenvalue weighted by Gasteiger charge is 2.21. The van der Waals surface area contributed by atoms with Crippen molar-refractivity contribution in [1.29, 1.82) is 0 Å². The molecule has 4 rings (SSSR count). The Hall–Kier alpha value is -2.65. The van der Waals surface area contributed by atoms with Crippen LogP contribution in [0.15, 0.2) is 29.1 Å². The first kappa shape index (κ1) is 23.5. The number of carbonyl (C=O) groups is 2. The van der Waals surface area contributed by atoms with Gasteiger partial charge in [0.2, 0.25) is 11.8 Å². The molecule has 0 fully saturated rings. The normalized spacial score (nSPS) is 12.8. The average Bonchev–Trinajstić information content (AvgIpc) is 3.33. The number of nitrogens with one attached hydrogen (secondary N) is 3. The standard InChI is InChI=1S/C24H28N4O3S2/c1-14(2)12-21(30)26-16-8-6-15(7-9-16)25-20(29)10-11-32-13-19-27-23(31)22-17-4-3-5-18(17)33-24(22)28-19/h6-9,14H,3-5,10-13H2,1-2H3,(H,25,29)(H,26,30)(H,27,28,31). The molecule has 174 valence electrons. The molecule has 0 aliphatic heterocycles. The number of H-pyrrole nitrogens is 1. The molecule has 33 heavy (non-hydrogen) atoms. The Kier molecular flexibility index (Phi) is 7.49. The Morgan fingerprint density at radius 2 is 1.82 bits per heavy atom. The van der Waals surface area contributed by atoms with Gasteiger partial charge >= 0.3 is 0 Å². The summed E-state index contributed by atoms with van der Waals surface area (Å²) in [5.74, 6) is 2.05. The zero-order valence-corrected chi connectivity index (χ0v) is 20.5. The molecule has 1 aliphatic rings. The van der Waals surface area contributed by atoms with Crippen LogP contribution in [0.25, 0.3) is 10.2 Å². The molecule has 3 aromatic rings. The van der Waals surface area contributed by atoms with E-state index in [9.17, 15) is 14.4 Å². The van der Waals surface area contributed by atoms with Gasteiger partial charge in [0.25, 0.3) is 5.56 Å². The molecule has 1 aliphatic carbocycles. The van der Waals surface area contributed by atoms with E-state index in [0.29, 0.717) is 47.5 Å². The highest BCUT2D eigenvalue weighted by molar-refractivity contribution is 7.98. The van der Waals surface area contributed by atoms with Crippen LogP contribution >= 0.6 is 23.1 Å². The lowest BCUT2D eigenvalue weighted by molar-refractivity contribution is -0.117. The van der Waals surface area contributed by atoms with E-state index in [1.807, 2.05) is 13.8 Å². The van der Waals surface area contributed by atoms with Crippen LogP contribution in [0.5, 0.6) is 0 Å². The molecule has 2 amide bonds. The maximum Gasteiger partial charge on any atom is 0.259 e. The smallest absolute Gasteiger partial charge is 0.259 e. The van der Waals surface area contributed by atoms with Gasteiger partial charge in [-0.1, -0.05) is 13.8 Å². The van der Waals surface area contributed by atoms with E-state index in [2.05, 4.69) is 20.6 Å². The fourth-order valence-electron chi connectivity index (χ4n) is 3.89. The lowest BCUT2D eigenvalue weighted by atomic mass is 10.1. The van der Waals surface area contributed by atoms with Crippen molar-refractivity contribution in [3.8, 4) is 0 Å². The topological polar surface area (TPSA) is 104 Å². The Morgan fingerprint density at radius 1 is 1.12 bits per heavy atom. The summed E-state index contributed by atoms with van der Waals surface area (Å²) in [5.41, 5.74) is 2.54. The number of thiophene rings is 1. The van der Waals surface area contributed by atoms with Crippen LogP contribution in [-0.4, -0.2) is 27.5 Å². The van der Waals surface area contributed by atoms with Crippen molar-refractivity contribution in [1.82, 2.24) is 9.97 Å². The summed E-state index contributed by atoms with van der Waals surface area (Å²) in [4.78, 5) is 46.3. The van der Waals surface area contributed by atoms with Gasteiger partial charge in [-0.2, -0.15) is 11.8 Å². The van der Waals surface area contributed by atoms with Gasteiger partial charge in [-0.15, -0.1) is 11.3 Å². The molecule has 0 atom stereocenters. The fourth-order valence-corrected chi connectivity index (χ4v) is 5.98. The molecule has 0 bridgehead atoms. The average molecular weight is 485 g/mol. The van der Waals surface area contributed by atoms with Crippen molar-refractivity contribution in [2.24, 2.45) is 5.92 Å². The van der Waals surface area contributed by atoms with Crippen LogP contribution in [0.3, 0.4) is 0 Å². The number of fused-ring (bicyclic) bond motifs is 3. The summed E-state index contributed by atoms with van der Waals surface area (Å²) in [7, 11) is 0. The van der Waals surface area contributed by atoms with Crippen molar-refractivity contribution >= 4 is 56.5 Å². The van der Waals surface area contributed by atoms with Crippen molar-refractivity contribution in [3.63, 3.8) is 0 Å². The van der Waals surface area contributed by atoms with E-state index in [-0.39, 0.29) is 17.4 Å². The molecule has 0 spiro atoms. The van der Waals surface area contributed by atoms with Gasteiger partial charge in [0.15, 0.2) is 0 Å². The minimum Gasteiger partial charge on any atom is -0.326 e. The second kappa shape index (κ2) is 10.5. The van der Waals surface area contributed by atoms with Gasteiger partial charge in [-0.25, -0.2) is 4.98 Å². The van der Waals surface area contributed by atoms with Crippen molar-refractivity contribution in [2.75, 3.05) is 16.4 Å². The van der Waals surface area contributed by atoms with Gasteiger partial charge in [0.05, 0.1) is 11.1 Å². The minimum atomic E-state index is -0.0781. The number of rotatable bonds is 9. The summed E-state index contributed by atoms with van der Waals surface area (Å²) < 4.78 is 0. The third-order valence-electron chi connectivity index (χ3n) is 5.38. The molecule has 1 aromatic carbocycles. The highest BCUT2D eigenvalue weighted by Crippen LogP contribution is 2.34. The van der Waals surface area contributed by atoms with Gasteiger partial charge in [0.1, 0.15) is 10.7 Å². The van der Waals surface area contributed by atoms with Gasteiger partial charge < -0.3 is 15.6 Å². The summed E-state index contributed by atoms with van der Waals surface area (Å²) in [5, 5.41) is 6.49. The summed E-state index contributed by atoms with van der Waals surface area (Å²) in [6.45, 7) is 4.00. The number of benzene rings is 1. The predicted molar refractivity (Wildman–Crippen MR) is 136 cm³/mol. The number of carbonyl (C=O) groups excluding carboxylic acids is 2. The van der Waals surface area contributed by atoms with Gasteiger partial charge in [0, 0.05) is 34.8 Å². The molecule has 9 heteroatoms. The molecule has 0 saturated carbocycles. The third-order valence-corrected chi connectivity index (χ3v) is 7.54. The number of aromatic amines is 1. The van der Waals surface area contributed by atoms with E-state index in [4.69, 9.17) is 0 Å². The fraction of sp³-hybridized carbons (Fsp3) is 0.417. The Bertz CT molecular complexity index is 1210. The van der Waals surface area contributed by atoms with Crippen molar-refractivity contribution < 1.29 is 9.59 Å². The quantitative estimate of drug-likeness (QED) is 0.381. The number of nitrogens with zero attached hydrogens (tertiary/aromatic N) is 1. The van der Waals surface area contributed by atoms with Crippen molar-refractivity contribution in [3.05, 3.63) is 50.9 Å². The number of thioether (sulfide) groups is 1. The summed E-state index contributed by atoms with van der Waals surface area (Å²) in [6, 6.07) is 7.11. The molecule has 0 unspecified atom stereocenters. The van der Waals surface area contributed by atoms with E-state index in [1.54, 1.807) is 47.4 Å². The SMILES string of the molecule is CC(C)CC(=O)Nc1ccc(NC(=O)CCSCc2nc3sc4c(c3c(=O)[nH]2)CCC4)cc1. The summed E-state index contributed by atoms with van der Waals surface area (Å²) in [6.07, 6.45) is 3.97. The molecule has 2 aromatic heterocycles. The largest absolute Gasteiger partial charge is 0.326 e. The van der Waals surface area contributed by atoms with E-state index >= 15 is 0 Å². The van der Waals surface area contributed by atoms with Crippen LogP contribution in [0.2, 0.25) is 0 Å². The molecular formula is C24H28N4O3S2. The first-order chi connectivity index (χ1) is 15.9. The molecule has 3 N–H and O–H groups in total. The Balaban J connectivity index is 1.22. The van der Waals surface area contributed by atoms with E-state index in [1.165, 1.54) is 10.4 Å². The maximum atomic E-state index is 12.5. The van der Waals surface area contributed by atoms with Gasteiger partial charge in [-0.3, -0.25) is 14.4 Å². The number of aryl methyl sites for hydroxylation is 2. The van der Waals surface area contributed by atoms with Crippen LogP contribution in [-0.2, 0) is 28.2 Å². The van der Waals surface area contributed by atoms with E-state index < -0.39 is 0 Å². The number of amides is 2. The molecular weight excluding hydrogens is 456 g/mol. The number of aromatic nitrogens is 2. The molecule has 0 saturated heterocycles. The Labute approximate surface area is 200 Å². The van der Waals surface area contributed by atoms with Crippen molar-refractivity contribution in [2.45, 2.75) is 51.7 Å².